The van der Waals surface area contributed by atoms with Crippen LogP contribution in [0.15, 0.2) is 0 Å². The lowest BCUT2D eigenvalue weighted by atomic mass is 10.0. The van der Waals surface area contributed by atoms with Crippen molar-refractivity contribution >= 4 is 0 Å². The first-order valence-electron chi connectivity index (χ1n) is 7.12. The summed E-state index contributed by atoms with van der Waals surface area (Å²) in [5, 5.41) is 4.46. The number of hydrogen-bond donors (Lipinski definition) is 1. The van der Waals surface area contributed by atoms with Gasteiger partial charge in [0.2, 0.25) is 5.88 Å². The van der Waals surface area contributed by atoms with E-state index >= 15 is 0 Å². The van der Waals surface area contributed by atoms with Gasteiger partial charge in [0.05, 0.1) is 30.5 Å². The Morgan fingerprint density at radius 2 is 2.30 bits per heavy atom. The van der Waals surface area contributed by atoms with E-state index in [0.29, 0.717) is 12.6 Å². The fourth-order valence-corrected chi connectivity index (χ4v) is 3.25. The van der Waals surface area contributed by atoms with Crippen LogP contribution in [0.3, 0.4) is 0 Å². The zero-order chi connectivity index (χ0) is 14.9. The maximum atomic E-state index is 6.05. The first-order chi connectivity index (χ1) is 9.51. The molecule has 1 aromatic heterocycles. The minimum atomic E-state index is 0.0906. The highest BCUT2D eigenvalue weighted by Crippen LogP contribution is 2.34. The molecule has 3 atom stereocenters. The van der Waals surface area contributed by atoms with Crippen molar-refractivity contribution in [1.82, 2.24) is 14.7 Å². The van der Waals surface area contributed by atoms with Gasteiger partial charge in [-0.05, 0) is 27.3 Å². The zero-order valence-electron chi connectivity index (χ0n) is 13.1. The van der Waals surface area contributed by atoms with Gasteiger partial charge in [-0.15, -0.1) is 0 Å². The molecule has 1 fully saturated rings. The number of aryl methyl sites for hydroxylation is 2. The van der Waals surface area contributed by atoms with E-state index in [1.807, 2.05) is 14.0 Å². The van der Waals surface area contributed by atoms with Crippen LogP contribution in [0.1, 0.15) is 30.6 Å². The smallest absolute Gasteiger partial charge is 0.216 e. The molecule has 114 valence electrons. The third-order valence-corrected chi connectivity index (χ3v) is 4.31. The van der Waals surface area contributed by atoms with E-state index in [0.717, 1.165) is 30.2 Å². The van der Waals surface area contributed by atoms with Gasteiger partial charge in [0.1, 0.15) is 0 Å². The van der Waals surface area contributed by atoms with Gasteiger partial charge in [0, 0.05) is 26.2 Å². The number of ether oxygens (including phenoxy) is 2. The molecular formula is C14H26N4O2. The molecule has 1 aliphatic heterocycles. The molecule has 1 aromatic rings. The molecule has 1 saturated heterocycles. The molecule has 0 radical (unpaired) electrons. The van der Waals surface area contributed by atoms with Gasteiger partial charge in [-0.2, -0.15) is 5.10 Å². The van der Waals surface area contributed by atoms with Crippen LogP contribution in [0.25, 0.3) is 0 Å². The lowest BCUT2D eigenvalue weighted by Gasteiger charge is -2.34. The number of nitrogens with zero attached hydrogens (tertiary/aromatic N) is 3. The minimum absolute atomic E-state index is 0.0906. The van der Waals surface area contributed by atoms with Crippen LogP contribution in [0.2, 0.25) is 0 Å². The van der Waals surface area contributed by atoms with Gasteiger partial charge >= 0.3 is 0 Å². The Balaban J connectivity index is 2.32. The van der Waals surface area contributed by atoms with Gasteiger partial charge in [0.15, 0.2) is 0 Å². The molecular weight excluding hydrogens is 256 g/mol. The number of likely N-dealkylation sites (N-methyl/N-ethyl adjacent to an activating group) is 1. The molecule has 0 amide bonds. The Kier molecular flexibility index (Phi) is 4.67. The van der Waals surface area contributed by atoms with Crippen molar-refractivity contribution < 1.29 is 9.47 Å². The molecule has 0 aromatic carbocycles. The average molecular weight is 282 g/mol. The predicted molar refractivity (Wildman–Crippen MR) is 77.9 cm³/mol. The summed E-state index contributed by atoms with van der Waals surface area (Å²) < 4.78 is 13.0. The van der Waals surface area contributed by atoms with Crippen LogP contribution in [-0.2, 0) is 11.8 Å². The number of rotatable bonds is 5. The molecule has 0 aliphatic carbocycles. The summed E-state index contributed by atoms with van der Waals surface area (Å²) in [5.41, 5.74) is 8.10. The Bertz CT molecular complexity index is 460. The Labute approximate surface area is 120 Å². The van der Waals surface area contributed by atoms with E-state index in [9.17, 15) is 0 Å². The monoisotopic (exact) mass is 282 g/mol. The van der Waals surface area contributed by atoms with Gasteiger partial charge in [-0.25, -0.2) is 4.68 Å². The van der Waals surface area contributed by atoms with E-state index < -0.39 is 0 Å². The summed E-state index contributed by atoms with van der Waals surface area (Å²) in [6.07, 6.45) is 1.27. The van der Waals surface area contributed by atoms with Crippen LogP contribution in [0.4, 0.5) is 0 Å². The van der Waals surface area contributed by atoms with E-state index in [4.69, 9.17) is 15.2 Å². The fourth-order valence-electron chi connectivity index (χ4n) is 3.25. The standard InChI is InChI=1S/C14H26N4O2/c1-9-13(14(19-5)18(4)16-9)12(8-15)17(3)11-6-7-20-10(11)2/h10-12H,6-8,15H2,1-5H3. The van der Waals surface area contributed by atoms with E-state index in [2.05, 4.69) is 24.0 Å². The van der Waals surface area contributed by atoms with Crippen molar-refractivity contribution in [2.75, 3.05) is 27.3 Å². The second-order valence-electron chi connectivity index (χ2n) is 5.48. The Hall–Kier alpha value is -1.11. The molecule has 3 unspecified atom stereocenters. The van der Waals surface area contributed by atoms with Gasteiger partial charge in [-0.3, -0.25) is 4.90 Å². The first-order valence-corrected chi connectivity index (χ1v) is 7.12. The van der Waals surface area contributed by atoms with Gasteiger partial charge < -0.3 is 15.2 Å². The second kappa shape index (κ2) is 6.11. The van der Waals surface area contributed by atoms with Crippen LogP contribution < -0.4 is 10.5 Å². The van der Waals surface area contributed by atoms with E-state index in [-0.39, 0.29) is 12.1 Å². The summed E-state index contributed by atoms with van der Waals surface area (Å²) >= 11 is 0. The summed E-state index contributed by atoms with van der Waals surface area (Å²) in [5.74, 6) is 0.788. The predicted octanol–water partition coefficient (Wildman–Crippen LogP) is 0.846. The molecule has 2 heterocycles. The van der Waals surface area contributed by atoms with Crippen LogP contribution >= 0.6 is 0 Å². The van der Waals surface area contributed by atoms with E-state index in [1.54, 1.807) is 11.8 Å². The van der Waals surface area contributed by atoms with Crippen LogP contribution in [0.5, 0.6) is 5.88 Å². The highest BCUT2D eigenvalue weighted by atomic mass is 16.5. The molecule has 0 saturated carbocycles. The number of methoxy groups -OCH3 is 1. The largest absolute Gasteiger partial charge is 0.481 e. The Morgan fingerprint density at radius 3 is 2.80 bits per heavy atom. The zero-order valence-corrected chi connectivity index (χ0v) is 13.1. The van der Waals surface area contributed by atoms with Crippen molar-refractivity contribution in [3.05, 3.63) is 11.3 Å². The van der Waals surface area contributed by atoms with Gasteiger partial charge in [0.25, 0.3) is 0 Å². The van der Waals surface area contributed by atoms with Gasteiger partial charge in [-0.1, -0.05) is 0 Å². The fraction of sp³-hybridized carbons (Fsp3) is 0.786. The number of aromatic nitrogens is 2. The normalized spacial score (nSPS) is 24.4. The van der Waals surface area contributed by atoms with Crippen LogP contribution in [-0.4, -0.2) is 54.1 Å². The lowest BCUT2D eigenvalue weighted by Crippen LogP contribution is -2.42. The molecule has 1 aliphatic rings. The summed E-state index contributed by atoms with van der Waals surface area (Å²) in [7, 11) is 5.68. The third-order valence-electron chi connectivity index (χ3n) is 4.31. The number of nitrogens with two attached hydrogens (primary N) is 1. The maximum Gasteiger partial charge on any atom is 0.216 e. The molecule has 0 spiro atoms. The highest BCUT2D eigenvalue weighted by molar-refractivity contribution is 5.34. The first kappa shape index (κ1) is 15.3. The molecule has 2 rings (SSSR count). The number of hydrogen-bond acceptors (Lipinski definition) is 5. The Morgan fingerprint density at radius 1 is 1.60 bits per heavy atom. The van der Waals surface area contributed by atoms with Crippen molar-refractivity contribution in [2.24, 2.45) is 12.8 Å². The van der Waals surface area contributed by atoms with Crippen molar-refractivity contribution in [3.8, 4) is 5.88 Å². The quantitative estimate of drug-likeness (QED) is 0.867. The second-order valence-corrected chi connectivity index (χ2v) is 5.48. The maximum absolute atomic E-state index is 6.05. The SMILES string of the molecule is COc1c(C(CN)N(C)C2CCOC2C)c(C)nn1C. The molecule has 6 nitrogen and oxygen atoms in total. The van der Waals surface area contributed by atoms with Crippen molar-refractivity contribution in [1.29, 1.82) is 0 Å². The van der Waals surface area contributed by atoms with Crippen LogP contribution in [0, 0.1) is 6.92 Å². The molecule has 6 heteroatoms. The molecule has 0 bridgehead atoms. The molecule has 2 N–H and O–H groups in total. The molecule has 20 heavy (non-hydrogen) atoms. The lowest BCUT2D eigenvalue weighted by molar-refractivity contribution is 0.0679. The summed E-state index contributed by atoms with van der Waals surface area (Å²) in [4.78, 5) is 2.31. The minimum Gasteiger partial charge on any atom is -0.481 e. The summed E-state index contributed by atoms with van der Waals surface area (Å²) in [6.45, 7) is 5.47. The van der Waals surface area contributed by atoms with Crippen molar-refractivity contribution in [2.45, 2.75) is 38.5 Å². The highest BCUT2D eigenvalue weighted by Gasteiger charge is 2.34. The topological polar surface area (TPSA) is 65.5 Å². The third kappa shape index (κ3) is 2.55. The summed E-state index contributed by atoms with van der Waals surface area (Å²) in [6, 6.07) is 0.473. The van der Waals surface area contributed by atoms with E-state index in [1.165, 1.54) is 0 Å². The van der Waals surface area contributed by atoms with Crippen molar-refractivity contribution in [3.63, 3.8) is 0 Å². The average Bonchev–Trinajstić information content (AvgIpc) is 2.94.